The van der Waals surface area contributed by atoms with Crippen LogP contribution in [0.4, 0.5) is 17.5 Å². The van der Waals surface area contributed by atoms with Gasteiger partial charge in [-0.1, -0.05) is 6.07 Å². The summed E-state index contributed by atoms with van der Waals surface area (Å²) in [5, 5.41) is 7.96. The number of amides is 1. The van der Waals surface area contributed by atoms with Crippen LogP contribution in [0.2, 0.25) is 0 Å². The first-order chi connectivity index (χ1) is 13.6. The number of hydrogen-bond acceptors (Lipinski definition) is 8. The van der Waals surface area contributed by atoms with Crippen molar-refractivity contribution >= 4 is 23.4 Å². The Labute approximate surface area is 161 Å². The fraction of sp³-hybridized carbons (Fsp3) is 0.316. The van der Waals surface area contributed by atoms with Gasteiger partial charge in [-0.05, 0) is 31.0 Å². The summed E-state index contributed by atoms with van der Waals surface area (Å²) in [5.74, 6) is 1.60. The fourth-order valence-electron chi connectivity index (χ4n) is 3.94. The van der Waals surface area contributed by atoms with Gasteiger partial charge in [0.1, 0.15) is 11.4 Å². The second-order valence-corrected chi connectivity index (χ2v) is 7.05. The standard InChI is InChI=1S/C19H19N7O2/c1-11-23-24-17(28-11)12-4-2-5-13(8-12)26-10-14-6-3-7-25(14)16-15(18(26)27)9-21-19(20)22-16/h2,4-5,8-9,14H,3,6-7,10H2,1H3,(H2,20,21,22). The number of carbonyl (C=O) groups excluding carboxylic acids is 1. The van der Waals surface area contributed by atoms with Crippen LogP contribution in [0.15, 0.2) is 34.9 Å². The summed E-state index contributed by atoms with van der Waals surface area (Å²) < 4.78 is 5.53. The predicted octanol–water partition coefficient (Wildman–Crippen LogP) is 2.05. The summed E-state index contributed by atoms with van der Waals surface area (Å²) in [5.41, 5.74) is 7.81. The second kappa shape index (κ2) is 6.29. The molecule has 9 nitrogen and oxygen atoms in total. The number of fused-ring (bicyclic) bond motifs is 3. The van der Waals surface area contributed by atoms with E-state index in [1.807, 2.05) is 24.3 Å². The molecule has 2 aromatic heterocycles. The highest BCUT2D eigenvalue weighted by Gasteiger charge is 2.37. The van der Waals surface area contributed by atoms with Crippen molar-refractivity contribution in [2.24, 2.45) is 0 Å². The third-order valence-corrected chi connectivity index (χ3v) is 5.24. The summed E-state index contributed by atoms with van der Waals surface area (Å²) in [4.78, 5) is 25.7. The van der Waals surface area contributed by atoms with E-state index in [1.54, 1.807) is 11.8 Å². The number of carbonyl (C=O) groups is 1. The van der Waals surface area contributed by atoms with Crippen molar-refractivity contribution in [1.82, 2.24) is 20.2 Å². The molecule has 1 saturated heterocycles. The number of nitrogen functional groups attached to an aromatic ring is 1. The van der Waals surface area contributed by atoms with Crippen LogP contribution in [-0.4, -0.2) is 45.2 Å². The van der Waals surface area contributed by atoms with Crippen molar-refractivity contribution in [2.45, 2.75) is 25.8 Å². The van der Waals surface area contributed by atoms with Gasteiger partial charge in [0.05, 0.1) is 0 Å². The van der Waals surface area contributed by atoms with Crippen LogP contribution in [0.25, 0.3) is 11.5 Å². The number of aromatic nitrogens is 4. The average Bonchev–Trinajstić information content (AvgIpc) is 3.32. The summed E-state index contributed by atoms with van der Waals surface area (Å²) in [6, 6.07) is 7.77. The van der Waals surface area contributed by atoms with Crippen molar-refractivity contribution < 1.29 is 9.21 Å². The molecular weight excluding hydrogens is 358 g/mol. The summed E-state index contributed by atoms with van der Waals surface area (Å²) in [6.07, 6.45) is 3.58. The van der Waals surface area contributed by atoms with Gasteiger partial charge in [0.2, 0.25) is 17.7 Å². The second-order valence-electron chi connectivity index (χ2n) is 7.05. The molecule has 1 aromatic carbocycles. The van der Waals surface area contributed by atoms with E-state index in [1.165, 1.54) is 6.20 Å². The van der Waals surface area contributed by atoms with Crippen LogP contribution in [0.1, 0.15) is 29.1 Å². The Morgan fingerprint density at radius 2 is 2.18 bits per heavy atom. The van der Waals surface area contributed by atoms with Gasteiger partial charge in [0.25, 0.3) is 5.91 Å². The molecule has 1 fully saturated rings. The Morgan fingerprint density at radius 3 is 3.00 bits per heavy atom. The smallest absolute Gasteiger partial charge is 0.263 e. The zero-order valence-electron chi connectivity index (χ0n) is 15.4. The van der Waals surface area contributed by atoms with E-state index < -0.39 is 0 Å². The van der Waals surface area contributed by atoms with Crippen molar-refractivity contribution in [1.29, 1.82) is 0 Å². The molecule has 1 unspecified atom stereocenters. The number of rotatable bonds is 2. The van der Waals surface area contributed by atoms with E-state index in [9.17, 15) is 4.79 Å². The molecule has 0 spiro atoms. The molecule has 2 N–H and O–H groups in total. The van der Waals surface area contributed by atoms with E-state index >= 15 is 0 Å². The van der Waals surface area contributed by atoms with Crippen LogP contribution in [0, 0.1) is 6.92 Å². The van der Waals surface area contributed by atoms with E-state index in [0.29, 0.717) is 29.7 Å². The van der Waals surface area contributed by atoms with Gasteiger partial charge in [-0.2, -0.15) is 4.98 Å². The van der Waals surface area contributed by atoms with Gasteiger partial charge >= 0.3 is 0 Å². The van der Waals surface area contributed by atoms with Gasteiger partial charge in [-0.25, -0.2) is 4.98 Å². The molecule has 0 saturated carbocycles. The molecule has 1 atom stereocenters. The SMILES string of the molecule is Cc1nnc(-c2cccc(N3CC4CCCN4c4nc(N)ncc4C3=O)c2)o1. The molecule has 0 bridgehead atoms. The summed E-state index contributed by atoms with van der Waals surface area (Å²) >= 11 is 0. The zero-order chi connectivity index (χ0) is 19.3. The lowest BCUT2D eigenvalue weighted by molar-refractivity contribution is 0.0988. The average molecular weight is 377 g/mol. The van der Waals surface area contributed by atoms with Crippen molar-refractivity contribution in [3.05, 3.63) is 41.9 Å². The van der Waals surface area contributed by atoms with Gasteiger partial charge in [0, 0.05) is 43.5 Å². The highest BCUT2D eigenvalue weighted by Crippen LogP contribution is 2.34. The highest BCUT2D eigenvalue weighted by atomic mass is 16.4. The minimum absolute atomic E-state index is 0.136. The van der Waals surface area contributed by atoms with E-state index in [2.05, 4.69) is 25.1 Å². The first kappa shape index (κ1) is 16.7. The molecular formula is C19H19N7O2. The maximum atomic E-state index is 13.4. The third-order valence-electron chi connectivity index (χ3n) is 5.24. The van der Waals surface area contributed by atoms with E-state index in [4.69, 9.17) is 10.2 Å². The number of nitrogens with zero attached hydrogens (tertiary/aromatic N) is 6. The maximum Gasteiger partial charge on any atom is 0.263 e. The number of hydrogen-bond donors (Lipinski definition) is 1. The van der Waals surface area contributed by atoms with Gasteiger partial charge in [0.15, 0.2) is 0 Å². The number of anilines is 3. The fourth-order valence-corrected chi connectivity index (χ4v) is 3.94. The molecule has 0 radical (unpaired) electrons. The van der Waals surface area contributed by atoms with Crippen LogP contribution < -0.4 is 15.5 Å². The van der Waals surface area contributed by atoms with Gasteiger partial charge in [-0.3, -0.25) is 4.79 Å². The Morgan fingerprint density at radius 1 is 1.29 bits per heavy atom. The molecule has 4 heterocycles. The lowest BCUT2D eigenvalue weighted by Gasteiger charge is -2.27. The third kappa shape index (κ3) is 2.67. The Bertz CT molecular complexity index is 1060. The maximum absolute atomic E-state index is 13.4. The Kier molecular flexibility index (Phi) is 3.75. The molecule has 9 heteroatoms. The van der Waals surface area contributed by atoms with Crippen LogP contribution in [-0.2, 0) is 0 Å². The number of aryl methyl sites for hydroxylation is 1. The lowest BCUT2D eigenvalue weighted by Crippen LogP contribution is -2.39. The van der Waals surface area contributed by atoms with Gasteiger partial charge in [-0.15, -0.1) is 10.2 Å². The van der Waals surface area contributed by atoms with E-state index in [-0.39, 0.29) is 17.9 Å². The lowest BCUT2D eigenvalue weighted by atomic mass is 10.1. The van der Waals surface area contributed by atoms with E-state index in [0.717, 1.165) is 30.6 Å². The van der Waals surface area contributed by atoms with Crippen LogP contribution in [0.3, 0.4) is 0 Å². The van der Waals surface area contributed by atoms with Crippen molar-refractivity contribution in [3.8, 4) is 11.5 Å². The normalized spacial score (nSPS) is 18.8. The van der Waals surface area contributed by atoms with Gasteiger partial charge < -0.3 is 20.0 Å². The minimum atomic E-state index is -0.136. The molecule has 28 heavy (non-hydrogen) atoms. The zero-order valence-corrected chi connectivity index (χ0v) is 15.4. The Hall–Kier alpha value is -3.49. The molecule has 3 aromatic rings. The molecule has 2 aliphatic rings. The first-order valence-corrected chi connectivity index (χ1v) is 9.22. The molecule has 2 aliphatic heterocycles. The summed E-state index contributed by atoms with van der Waals surface area (Å²) in [7, 11) is 0. The topological polar surface area (TPSA) is 114 Å². The predicted molar refractivity (Wildman–Crippen MR) is 103 cm³/mol. The van der Waals surface area contributed by atoms with Crippen LogP contribution >= 0.6 is 0 Å². The number of benzene rings is 1. The number of nitrogens with two attached hydrogens (primary N) is 1. The molecule has 142 valence electrons. The minimum Gasteiger partial charge on any atom is -0.421 e. The molecule has 1 amide bonds. The molecule has 5 rings (SSSR count). The largest absolute Gasteiger partial charge is 0.421 e. The summed E-state index contributed by atoms with van der Waals surface area (Å²) in [6.45, 7) is 3.17. The quantitative estimate of drug-likeness (QED) is 0.722. The monoisotopic (exact) mass is 377 g/mol. The first-order valence-electron chi connectivity index (χ1n) is 9.22. The van der Waals surface area contributed by atoms with Crippen molar-refractivity contribution in [2.75, 3.05) is 28.6 Å². The van der Waals surface area contributed by atoms with Crippen LogP contribution in [0.5, 0.6) is 0 Å². The molecule has 0 aliphatic carbocycles. The highest BCUT2D eigenvalue weighted by molar-refractivity contribution is 6.10. The van der Waals surface area contributed by atoms with Crippen molar-refractivity contribution in [3.63, 3.8) is 0 Å². The Balaban J connectivity index is 1.59.